The van der Waals surface area contributed by atoms with Gasteiger partial charge in [-0.3, -0.25) is 0 Å². The molecule has 0 atom stereocenters. The van der Waals surface area contributed by atoms with Gasteiger partial charge in [-0.2, -0.15) is 0 Å². The molecular weight excluding hydrogens is 935 g/mol. The van der Waals surface area contributed by atoms with Crippen LogP contribution in [0.1, 0.15) is 0 Å². The minimum atomic E-state index is -3.03. The maximum atomic E-state index is 2.52. The van der Waals surface area contributed by atoms with Gasteiger partial charge in [0.05, 0.1) is 33.1 Å². The number of para-hydroxylation sites is 4. The summed E-state index contributed by atoms with van der Waals surface area (Å²) in [5.74, 6) is 0. The SMILES string of the molecule is c1ccc(-c2ccc([Si](c3ccccc3)(c3ccccc3)c3cccc4c3c3ccccc3n4-c3ccc4c5ccccc5n(-c5cc(-c6ccccc6)cc(-n6c7ccccc7c7ccccc76)c5)c4c3)cc2)cc1. The fourth-order valence-corrected chi connectivity index (χ4v) is 17.7. The molecule has 356 valence electrons. The fourth-order valence-electron chi connectivity index (χ4n) is 12.7. The van der Waals surface area contributed by atoms with Gasteiger partial charge in [0.25, 0.3) is 0 Å². The summed E-state index contributed by atoms with van der Waals surface area (Å²) in [6, 6.07) is 111. The first-order valence-corrected chi connectivity index (χ1v) is 28.3. The Bertz CT molecular complexity index is 4570. The van der Waals surface area contributed by atoms with Crippen LogP contribution in [0.5, 0.6) is 0 Å². The molecule has 0 aliphatic carbocycles. The van der Waals surface area contributed by atoms with Crippen molar-refractivity contribution in [2.75, 3.05) is 0 Å². The van der Waals surface area contributed by atoms with Crippen LogP contribution in [0.25, 0.3) is 105 Å². The minimum absolute atomic E-state index is 1.10. The number of fused-ring (bicyclic) bond motifs is 9. The second kappa shape index (κ2) is 17.7. The minimum Gasteiger partial charge on any atom is -0.309 e. The van der Waals surface area contributed by atoms with Gasteiger partial charge in [-0.1, -0.05) is 237 Å². The molecule has 15 aromatic rings. The van der Waals surface area contributed by atoms with Crippen LogP contribution in [-0.4, -0.2) is 21.8 Å². The van der Waals surface area contributed by atoms with Crippen molar-refractivity contribution in [2.45, 2.75) is 0 Å². The van der Waals surface area contributed by atoms with Gasteiger partial charge in [0, 0.05) is 49.4 Å². The van der Waals surface area contributed by atoms with Crippen molar-refractivity contribution < 1.29 is 0 Å². The van der Waals surface area contributed by atoms with E-state index in [0.29, 0.717) is 0 Å². The Balaban J connectivity index is 0.996. The third-order valence-corrected chi connectivity index (χ3v) is 20.8. The first-order chi connectivity index (χ1) is 37.7. The number of aromatic nitrogens is 3. The summed E-state index contributed by atoms with van der Waals surface area (Å²) < 4.78 is 7.47. The van der Waals surface area contributed by atoms with Crippen molar-refractivity contribution in [2.24, 2.45) is 0 Å². The summed E-state index contributed by atoms with van der Waals surface area (Å²) >= 11 is 0. The highest BCUT2D eigenvalue weighted by atomic mass is 28.3. The maximum Gasteiger partial charge on any atom is 0.180 e. The molecule has 3 nitrogen and oxygen atoms in total. The van der Waals surface area contributed by atoms with Gasteiger partial charge in [-0.15, -0.1) is 0 Å². The molecule has 12 aromatic carbocycles. The molecule has 3 aromatic heterocycles. The highest BCUT2D eigenvalue weighted by Gasteiger charge is 2.43. The zero-order valence-corrected chi connectivity index (χ0v) is 42.6. The molecular formula is C72H49N3Si. The summed E-state index contributed by atoms with van der Waals surface area (Å²) in [4.78, 5) is 0. The lowest BCUT2D eigenvalue weighted by atomic mass is 10.0. The second-order valence-corrected chi connectivity index (χ2v) is 23.8. The second-order valence-electron chi connectivity index (χ2n) is 20.0. The van der Waals surface area contributed by atoms with Crippen molar-refractivity contribution >= 4 is 94.2 Å². The standard InChI is InChI=1S/C72H49N3Si/c1-5-22-50(23-6-1)52-40-43-59(44-41-52)76(57-26-9-3-10-27-57,58-28-11-4-12-29-58)71-39-21-38-69-72(71)64-33-16-20-37-68(64)73(69)54-42-45-63-62-32-15-19-36-67(62)75(70(63)49-54)56-47-53(51-24-7-2-8-25-51)46-55(48-56)74-65-34-17-13-30-60(65)61-31-14-18-35-66(61)74/h1-49H. The topological polar surface area (TPSA) is 14.8 Å². The van der Waals surface area contributed by atoms with E-state index in [9.17, 15) is 0 Å². The largest absolute Gasteiger partial charge is 0.309 e. The van der Waals surface area contributed by atoms with Crippen molar-refractivity contribution in [3.05, 3.63) is 297 Å². The van der Waals surface area contributed by atoms with Crippen LogP contribution in [0.15, 0.2) is 297 Å². The molecule has 3 heterocycles. The first kappa shape index (κ1) is 43.8. The van der Waals surface area contributed by atoms with E-state index < -0.39 is 8.07 Å². The van der Waals surface area contributed by atoms with E-state index >= 15 is 0 Å². The van der Waals surface area contributed by atoms with Crippen molar-refractivity contribution in [1.82, 2.24) is 13.7 Å². The number of hydrogen-bond acceptors (Lipinski definition) is 0. The average Bonchev–Trinajstić information content (AvgIpc) is 4.27. The van der Waals surface area contributed by atoms with Crippen LogP contribution < -0.4 is 20.7 Å². The molecule has 15 rings (SSSR count). The third kappa shape index (κ3) is 6.74. The molecule has 76 heavy (non-hydrogen) atoms. The molecule has 0 aliphatic rings. The molecule has 0 N–H and O–H groups in total. The zero-order chi connectivity index (χ0) is 50.2. The van der Waals surface area contributed by atoms with Crippen LogP contribution >= 0.6 is 0 Å². The van der Waals surface area contributed by atoms with Gasteiger partial charge in [0.15, 0.2) is 8.07 Å². The Kier molecular flexibility index (Phi) is 10.2. The van der Waals surface area contributed by atoms with Gasteiger partial charge in [0.1, 0.15) is 0 Å². The molecule has 4 heteroatoms. The summed E-state index contributed by atoms with van der Waals surface area (Å²) in [6.07, 6.45) is 0. The maximum absolute atomic E-state index is 3.03. The molecule has 0 bridgehead atoms. The number of hydrogen-bond donors (Lipinski definition) is 0. The Morgan fingerprint density at radius 3 is 1.13 bits per heavy atom. The normalized spacial score (nSPS) is 11.9. The molecule has 0 aliphatic heterocycles. The van der Waals surface area contributed by atoms with E-state index in [0.717, 1.165) is 33.7 Å². The van der Waals surface area contributed by atoms with Crippen molar-refractivity contribution in [1.29, 1.82) is 0 Å². The van der Waals surface area contributed by atoms with E-state index in [1.54, 1.807) is 0 Å². The highest BCUT2D eigenvalue weighted by molar-refractivity contribution is 7.20. The lowest BCUT2D eigenvalue weighted by molar-refractivity contribution is 1.13. The van der Waals surface area contributed by atoms with E-state index in [4.69, 9.17) is 0 Å². The van der Waals surface area contributed by atoms with E-state index in [1.165, 1.54) is 91.8 Å². The van der Waals surface area contributed by atoms with Crippen LogP contribution in [0, 0.1) is 0 Å². The van der Waals surface area contributed by atoms with Crippen LogP contribution in [0.3, 0.4) is 0 Å². The van der Waals surface area contributed by atoms with E-state index in [2.05, 4.69) is 311 Å². The Morgan fingerprint density at radius 1 is 0.211 bits per heavy atom. The average molecular weight is 984 g/mol. The van der Waals surface area contributed by atoms with E-state index in [1.807, 2.05) is 0 Å². The summed E-state index contributed by atoms with van der Waals surface area (Å²) in [5, 5.41) is 12.9. The highest BCUT2D eigenvalue weighted by Crippen LogP contribution is 2.40. The Morgan fingerprint density at radius 2 is 0.592 bits per heavy atom. The molecule has 0 radical (unpaired) electrons. The van der Waals surface area contributed by atoms with Gasteiger partial charge < -0.3 is 13.7 Å². The Labute approximate surface area is 442 Å². The summed E-state index contributed by atoms with van der Waals surface area (Å²) in [5.41, 5.74) is 15.1. The fraction of sp³-hybridized carbons (Fsp3) is 0. The number of benzene rings is 12. The van der Waals surface area contributed by atoms with Crippen molar-refractivity contribution in [3.63, 3.8) is 0 Å². The van der Waals surface area contributed by atoms with Gasteiger partial charge in [-0.25, -0.2) is 0 Å². The predicted octanol–water partition coefficient (Wildman–Crippen LogP) is 15.7. The number of rotatable bonds is 9. The summed E-state index contributed by atoms with van der Waals surface area (Å²) in [7, 11) is -3.03. The first-order valence-electron chi connectivity index (χ1n) is 26.3. The monoisotopic (exact) mass is 983 g/mol. The molecule has 0 saturated carbocycles. The van der Waals surface area contributed by atoms with Crippen LogP contribution in [0.2, 0.25) is 0 Å². The molecule has 0 saturated heterocycles. The smallest absolute Gasteiger partial charge is 0.180 e. The lowest BCUT2D eigenvalue weighted by Gasteiger charge is -2.35. The predicted molar refractivity (Wildman–Crippen MR) is 324 cm³/mol. The lowest BCUT2D eigenvalue weighted by Crippen LogP contribution is -2.74. The quantitative estimate of drug-likeness (QED) is 0.101. The van der Waals surface area contributed by atoms with Crippen LogP contribution in [-0.2, 0) is 0 Å². The Hall–Kier alpha value is -9.74. The molecule has 0 unspecified atom stereocenters. The van der Waals surface area contributed by atoms with Gasteiger partial charge >= 0.3 is 0 Å². The zero-order valence-electron chi connectivity index (χ0n) is 41.6. The molecule has 0 spiro atoms. The molecule has 0 amide bonds. The van der Waals surface area contributed by atoms with Gasteiger partial charge in [-0.05, 0) is 104 Å². The summed E-state index contributed by atoms with van der Waals surface area (Å²) in [6.45, 7) is 0. The van der Waals surface area contributed by atoms with Gasteiger partial charge in [0.2, 0.25) is 0 Å². The van der Waals surface area contributed by atoms with E-state index in [-0.39, 0.29) is 0 Å². The van der Waals surface area contributed by atoms with Crippen molar-refractivity contribution in [3.8, 4) is 39.3 Å². The molecule has 0 fully saturated rings. The third-order valence-electron chi connectivity index (χ3n) is 16.0. The number of nitrogens with zero attached hydrogens (tertiary/aromatic N) is 3. The van der Waals surface area contributed by atoms with Crippen LogP contribution in [0.4, 0.5) is 0 Å².